The highest BCUT2D eigenvalue weighted by atomic mass is 32.1. The maximum absolute atomic E-state index is 10.8. The number of hydrogen-bond donors (Lipinski definition) is 1. The quantitative estimate of drug-likeness (QED) is 0.589. The topological polar surface area (TPSA) is 29.5 Å². The highest BCUT2D eigenvalue weighted by Gasteiger charge is 2.36. The van der Waals surface area contributed by atoms with Crippen LogP contribution in [0.25, 0.3) is 0 Å². The molecule has 0 amide bonds. The van der Waals surface area contributed by atoms with Gasteiger partial charge in [-0.2, -0.15) is 0 Å². The molecule has 0 spiro atoms. The Kier molecular flexibility index (Phi) is 6.25. The van der Waals surface area contributed by atoms with Crippen LogP contribution >= 0.6 is 12.6 Å². The molecule has 0 aliphatic heterocycles. The Balaban J connectivity index is 3.94. The van der Waals surface area contributed by atoms with Crippen molar-refractivity contribution in [2.75, 3.05) is 26.7 Å². The van der Waals surface area contributed by atoms with E-state index in [-0.39, 0.29) is 10.2 Å². The Morgan fingerprint density at radius 2 is 1.88 bits per heavy atom. The molecule has 3 nitrogen and oxygen atoms in total. The zero-order valence-corrected chi connectivity index (χ0v) is 13.2. The van der Waals surface area contributed by atoms with E-state index in [1.807, 2.05) is 11.9 Å². The zero-order chi connectivity index (χ0) is 13.0. The number of carbonyl (C=O) groups excluding carboxylic acids is 1. The van der Waals surface area contributed by atoms with Crippen LogP contribution in [0.3, 0.4) is 0 Å². The Hall–Kier alpha value is 0.157. The van der Waals surface area contributed by atoms with Crippen LogP contribution in [0.1, 0.15) is 20.8 Å². The average Bonchev–Trinajstić information content (AvgIpc) is 1.99. The molecule has 0 radical (unpaired) electrons. The first-order valence-corrected chi connectivity index (χ1v) is 8.96. The molecule has 0 aromatic heterocycles. The summed E-state index contributed by atoms with van der Waals surface area (Å²) in [5, 5.41) is 0.139. The van der Waals surface area contributed by atoms with Crippen LogP contribution in [0.15, 0.2) is 0 Å². The highest BCUT2D eigenvalue weighted by Crippen LogP contribution is 2.36. The summed E-state index contributed by atoms with van der Waals surface area (Å²) in [7, 11) is 0.264. The minimum atomic E-state index is -1.64. The van der Waals surface area contributed by atoms with Crippen LogP contribution < -0.4 is 0 Å². The van der Waals surface area contributed by atoms with Crippen molar-refractivity contribution in [2.45, 2.75) is 38.9 Å². The van der Waals surface area contributed by atoms with Crippen LogP contribution in [0.5, 0.6) is 0 Å². The number of likely N-dealkylation sites (N-methyl/N-ethyl adjacent to an activating group) is 1. The van der Waals surface area contributed by atoms with Gasteiger partial charge in [-0.3, -0.25) is 9.69 Å². The van der Waals surface area contributed by atoms with Crippen LogP contribution in [0, 0.1) is 0 Å². The molecule has 96 valence electrons. The lowest BCUT2D eigenvalue weighted by molar-refractivity contribution is -0.111. The lowest BCUT2D eigenvalue weighted by Crippen LogP contribution is -2.42. The van der Waals surface area contributed by atoms with Crippen molar-refractivity contribution in [1.29, 1.82) is 0 Å². The lowest BCUT2D eigenvalue weighted by Gasteiger charge is -2.36. The molecular weight excluding hydrogens is 238 g/mol. The van der Waals surface area contributed by atoms with Crippen LogP contribution in [0.4, 0.5) is 0 Å². The molecular formula is C11H25NO2SSi. The molecule has 0 heterocycles. The minimum absolute atomic E-state index is 0.102. The van der Waals surface area contributed by atoms with Gasteiger partial charge in [0.25, 0.3) is 0 Å². The van der Waals surface area contributed by atoms with Crippen molar-refractivity contribution in [1.82, 2.24) is 4.90 Å². The fourth-order valence-corrected chi connectivity index (χ4v) is 2.26. The molecule has 0 rings (SSSR count). The molecule has 16 heavy (non-hydrogen) atoms. The standard InChI is InChI=1S/C11H25NO2SSi/c1-11(2,3)16(5,6)14-8-7-12(4)9-10(13)15/h7-9H2,1-6H3,(H,13,15). The highest BCUT2D eigenvalue weighted by molar-refractivity contribution is 7.96. The fraction of sp³-hybridized carbons (Fsp3) is 0.909. The van der Waals surface area contributed by atoms with Crippen molar-refractivity contribution in [3.05, 3.63) is 0 Å². The first-order chi connectivity index (χ1) is 7.06. The molecule has 0 aliphatic carbocycles. The van der Waals surface area contributed by atoms with Crippen molar-refractivity contribution >= 4 is 26.1 Å². The summed E-state index contributed by atoms with van der Waals surface area (Å²) < 4.78 is 6.01. The first kappa shape index (κ1) is 16.2. The molecule has 0 aliphatic rings. The van der Waals surface area contributed by atoms with Crippen LogP contribution in [0.2, 0.25) is 18.1 Å². The van der Waals surface area contributed by atoms with Gasteiger partial charge < -0.3 is 4.43 Å². The summed E-state index contributed by atoms with van der Waals surface area (Å²) in [5.74, 6) is 0. The molecule has 0 saturated carbocycles. The van der Waals surface area contributed by atoms with Gasteiger partial charge in [0.2, 0.25) is 0 Å². The van der Waals surface area contributed by atoms with E-state index in [1.54, 1.807) is 0 Å². The third-order valence-corrected chi connectivity index (χ3v) is 7.83. The predicted octanol–water partition coefficient (Wildman–Crippen LogP) is 2.40. The van der Waals surface area contributed by atoms with Crippen LogP contribution in [-0.4, -0.2) is 45.1 Å². The second kappa shape index (κ2) is 6.19. The van der Waals surface area contributed by atoms with E-state index in [0.29, 0.717) is 13.2 Å². The summed E-state index contributed by atoms with van der Waals surface area (Å²) >= 11 is 3.75. The summed E-state index contributed by atoms with van der Waals surface area (Å²) in [4.78, 5) is 12.7. The summed E-state index contributed by atoms with van der Waals surface area (Å²) in [5.41, 5.74) is 0. The van der Waals surface area contributed by atoms with Crippen molar-refractivity contribution in [2.24, 2.45) is 0 Å². The van der Waals surface area contributed by atoms with Gasteiger partial charge in [0, 0.05) is 13.2 Å². The summed E-state index contributed by atoms with van der Waals surface area (Å²) in [6.07, 6.45) is 0. The maximum atomic E-state index is 10.8. The Morgan fingerprint density at radius 1 is 1.38 bits per heavy atom. The van der Waals surface area contributed by atoms with E-state index in [1.165, 1.54) is 0 Å². The summed E-state index contributed by atoms with van der Waals surface area (Å²) in [6.45, 7) is 13.0. The van der Waals surface area contributed by atoms with Gasteiger partial charge in [-0.25, -0.2) is 0 Å². The largest absolute Gasteiger partial charge is 0.416 e. The molecule has 0 N–H and O–H groups in total. The van der Waals surface area contributed by atoms with Crippen molar-refractivity contribution in [3.8, 4) is 0 Å². The monoisotopic (exact) mass is 263 g/mol. The van der Waals surface area contributed by atoms with E-state index >= 15 is 0 Å². The van der Waals surface area contributed by atoms with Crippen molar-refractivity contribution in [3.63, 3.8) is 0 Å². The van der Waals surface area contributed by atoms with Gasteiger partial charge in [0.1, 0.15) is 0 Å². The Morgan fingerprint density at radius 3 is 2.25 bits per heavy atom. The Bertz CT molecular complexity index is 239. The van der Waals surface area contributed by atoms with Gasteiger partial charge in [-0.1, -0.05) is 20.8 Å². The summed E-state index contributed by atoms with van der Waals surface area (Å²) in [6, 6.07) is 0. The molecule has 0 saturated heterocycles. The van der Waals surface area contributed by atoms with Gasteiger partial charge in [0.15, 0.2) is 13.4 Å². The maximum Gasteiger partial charge on any atom is 0.199 e. The first-order valence-electron chi connectivity index (χ1n) is 5.60. The smallest absolute Gasteiger partial charge is 0.199 e. The van der Waals surface area contributed by atoms with E-state index in [9.17, 15) is 4.79 Å². The zero-order valence-electron chi connectivity index (χ0n) is 11.3. The SMILES string of the molecule is CN(CCO[Si](C)(C)C(C)(C)C)CC(=O)S. The molecule has 0 aromatic carbocycles. The third kappa shape index (κ3) is 6.03. The number of nitrogens with zero attached hydrogens (tertiary/aromatic N) is 1. The number of thiol groups is 1. The van der Waals surface area contributed by atoms with Gasteiger partial charge in [-0.05, 0) is 25.2 Å². The predicted molar refractivity (Wildman–Crippen MR) is 74.6 cm³/mol. The van der Waals surface area contributed by atoms with Gasteiger partial charge in [0.05, 0.1) is 6.54 Å². The molecule has 5 heteroatoms. The normalized spacial score (nSPS) is 13.2. The van der Waals surface area contributed by atoms with Gasteiger partial charge >= 0.3 is 0 Å². The van der Waals surface area contributed by atoms with E-state index in [0.717, 1.165) is 6.54 Å². The number of carbonyl (C=O) groups is 1. The van der Waals surface area contributed by atoms with E-state index in [2.05, 4.69) is 46.5 Å². The van der Waals surface area contributed by atoms with E-state index < -0.39 is 8.32 Å². The van der Waals surface area contributed by atoms with Crippen molar-refractivity contribution < 1.29 is 9.22 Å². The van der Waals surface area contributed by atoms with E-state index in [4.69, 9.17) is 4.43 Å². The molecule has 0 atom stereocenters. The molecule has 0 unspecified atom stereocenters. The number of hydrogen-bond acceptors (Lipinski definition) is 3. The fourth-order valence-electron chi connectivity index (χ4n) is 0.983. The lowest BCUT2D eigenvalue weighted by atomic mass is 10.2. The molecule has 0 aromatic rings. The second-order valence-corrected chi connectivity index (χ2v) is 11.0. The Labute approximate surface area is 106 Å². The molecule has 0 fully saturated rings. The molecule has 0 bridgehead atoms. The third-order valence-electron chi connectivity index (χ3n) is 3.15. The van der Waals surface area contributed by atoms with Gasteiger partial charge in [-0.15, -0.1) is 12.6 Å². The second-order valence-electron chi connectivity index (χ2n) is 5.74. The average molecular weight is 263 g/mol. The van der Waals surface area contributed by atoms with Crippen LogP contribution in [-0.2, 0) is 9.22 Å². The minimum Gasteiger partial charge on any atom is -0.416 e. The number of rotatable bonds is 6.